The van der Waals surface area contributed by atoms with Crippen molar-refractivity contribution in [1.29, 1.82) is 0 Å². The molecule has 0 unspecified atom stereocenters. The SMILES string of the molecule is O=S(=O)(c1ccc(Cl)cc1)N(CCc1c[nH]c2ccc(F)cc12)Cc1ccccc1. The Hall–Kier alpha value is -2.67. The van der Waals surface area contributed by atoms with E-state index in [2.05, 4.69) is 4.98 Å². The minimum absolute atomic E-state index is 0.188. The molecule has 1 heterocycles. The Morgan fingerprint density at radius 1 is 0.967 bits per heavy atom. The van der Waals surface area contributed by atoms with E-state index in [0.29, 0.717) is 11.4 Å². The van der Waals surface area contributed by atoms with E-state index >= 15 is 0 Å². The lowest BCUT2D eigenvalue weighted by Gasteiger charge is -2.22. The van der Waals surface area contributed by atoms with Crippen LogP contribution in [-0.4, -0.2) is 24.3 Å². The Labute approximate surface area is 180 Å². The maximum atomic E-state index is 13.7. The van der Waals surface area contributed by atoms with Gasteiger partial charge in [-0.1, -0.05) is 41.9 Å². The first-order chi connectivity index (χ1) is 14.4. The van der Waals surface area contributed by atoms with Crippen LogP contribution in [0.1, 0.15) is 11.1 Å². The third kappa shape index (κ3) is 4.41. The number of hydrogen-bond acceptors (Lipinski definition) is 2. The second-order valence-electron chi connectivity index (χ2n) is 7.03. The highest BCUT2D eigenvalue weighted by Crippen LogP contribution is 2.24. The van der Waals surface area contributed by atoms with E-state index in [-0.39, 0.29) is 23.8 Å². The zero-order chi connectivity index (χ0) is 21.1. The van der Waals surface area contributed by atoms with Crippen LogP contribution in [0.2, 0.25) is 5.02 Å². The van der Waals surface area contributed by atoms with Crippen LogP contribution in [0.5, 0.6) is 0 Å². The Morgan fingerprint density at radius 2 is 1.70 bits per heavy atom. The van der Waals surface area contributed by atoms with Gasteiger partial charge in [-0.3, -0.25) is 0 Å². The van der Waals surface area contributed by atoms with Crippen LogP contribution < -0.4 is 0 Å². The molecule has 0 saturated heterocycles. The van der Waals surface area contributed by atoms with Crippen LogP contribution in [0.4, 0.5) is 4.39 Å². The number of H-pyrrole nitrogens is 1. The predicted octanol–water partition coefficient (Wildman–Crippen LogP) is 5.39. The predicted molar refractivity (Wildman–Crippen MR) is 117 cm³/mol. The average molecular weight is 443 g/mol. The zero-order valence-electron chi connectivity index (χ0n) is 16.1. The third-order valence-corrected chi connectivity index (χ3v) is 7.12. The third-order valence-electron chi connectivity index (χ3n) is 5.01. The Bertz CT molecular complexity index is 1260. The molecule has 0 aliphatic heterocycles. The zero-order valence-corrected chi connectivity index (χ0v) is 17.6. The lowest BCUT2D eigenvalue weighted by molar-refractivity contribution is 0.410. The van der Waals surface area contributed by atoms with Crippen LogP contribution >= 0.6 is 11.6 Å². The number of sulfonamides is 1. The molecule has 4 rings (SSSR count). The summed E-state index contributed by atoms with van der Waals surface area (Å²) < 4.78 is 41.8. The first kappa shape index (κ1) is 20.6. The van der Waals surface area contributed by atoms with E-state index in [1.54, 1.807) is 24.4 Å². The summed E-state index contributed by atoms with van der Waals surface area (Å²) in [6.45, 7) is 0.492. The molecule has 154 valence electrons. The summed E-state index contributed by atoms with van der Waals surface area (Å²) in [5.41, 5.74) is 2.58. The number of hydrogen-bond donors (Lipinski definition) is 1. The first-order valence-electron chi connectivity index (χ1n) is 9.48. The molecule has 0 aliphatic carbocycles. The van der Waals surface area contributed by atoms with Crippen molar-refractivity contribution < 1.29 is 12.8 Å². The smallest absolute Gasteiger partial charge is 0.243 e. The molecule has 0 aliphatic rings. The fourth-order valence-corrected chi connectivity index (χ4v) is 4.98. The Morgan fingerprint density at radius 3 is 2.43 bits per heavy atom. The van der Waals surface area contributed by atoms with Gasteiger partial charge in [-0.25, -0.2) is 12.8 Å². The largest absolute Gasteiger partial charge is 0.361 e. The van der Waals surface area contributed by atoms with Gasteiger partial charge in [0.05, 0.1) is 4.90 Å². The van der Waals surface area contributed by atoms with Gasteiger partial charge in [0, 0.05) is 35.2 Å². The van der Waals surface area contributed by atoms with E-state index in [1.165, 1.54) is 28.6 Å². The standard InChI is InChI=1S/C23H20ClFN2O2S/c24-19-6-9-21(10-7-19)30(28,29)27(16-17-4-2-1-3-5-17)13-12-18-15-26-23-11-8-20(25)14-22(18)23/h1-11,14-15,26H,12-13,16H2. The van der Waals surface area contributed by atoms with E-state index < -0.39 is 10.0 Å². The monoisotopic (exact) mass is 442 g/mol. The van der Waals surface area contributed by atoms with Crippen molar-refractivity contribution >= 4 is 32.5 Å². The number of rotatable bonds is 7. The van der Waals surface area contributed by atoms with Gasteiger partial charge in [0.1, 0.15) is 5.82 Å². The molecule has 0 atom stereocenters. The summed E-state index contributed by atoms with van der Waals surface area (Å²) >= 11 is 5.93. The molecule has 0 spiro atoms. The van der Waals surface area contributed by atoms with E-state index in [4.69, 9.17) is 11.6 Å². The lowest BCUT2D eigenvalue weighted by Crippen LogP contribution is -2.32. The van der Waals surface area contributed by atoms with Gasteiger partial charge >= 0.3 is 0 Å². The minimum atomic E-state index is -3.74. The van der Waals surface area contributed by atoms with Crippen LogP contribution in [-0.2, 0) is 23.0 Å². The second-order valence-corrected chi connectivity index (χ2v) is 9.41. The molecular formula is C23H20ClFN2O2S. The van der Waals surface area contributed by atoms with Gasteiger partial charge < -0.3 is 4.98 Å². The summed E-state index contributed by atoms with van der Waals surface area (Å²) in [5.74, 6) is -0.321. The Kier molecular flexibility index (Phi) is 5.90. The highest BCUT2D eigenvalue weighted by Gasteiger charge is 2.25. The molecule has 1 N–H and O–H groups in total. The quantitative estimate of drug-likeness (QED) is 0.417. The van der Waals surface area contributed by atoms with Crippen LogP contribution in [0.25, 0.3) is 10.9 Å². The van der Waals surface area contributed by atoms with Gasteiger partial charge in [0.25, 0.3) is 0 Å². The maximum Gasteiger partial charge on any atom is 0.243 e. The van der Waals surface area contributed by atoms with Gasteiger partial charge in [0.2, 0.25) is 10.0 Å². The van der Waals surface area contributed by atoms with Gasteiger partial charge in [-0.2, -0.15) is 4.31 Å². The first-order valence-corrected chi connectivity index (χ1v) is 11.3. The molecule has 0 fully saturated rings. The molecule has 7 heteroatoms. The number of aromatic nitrogens is 1. The molecule has 4 nitrogen and oxygen atoms in total. The molecule has 0 saturated carbocycles. The average Bonchev–Trinajstić information content (AvgIpc) is 3.14. The molecule has 1 aromatic heterocycles. The molecule has 0 radical (unpaired) electrons. The number of nitrogens with one attached hydrogen (secondary N) is 1. The van der Waals surface area contributed by atoms with Crippen molar-refractivity contribution in [3.05, 3.63) is 101 Å². The van der Waals surface area contributed by atoms with Crippen molar-refractivity contribution in [3.8, 4) is 0 Å². The van der Waals surface area contributed by atoms with Gasteiger partial charge in [-0.15, -0.1) is 0 Å². The fraction of sp³-hybridized carbons (Fsp3) is 0.130. The van der Waals surface area contributed by atoms with E-state index in [9.17, 15) is 12.8 Å². The maximum absolute atomic E-state index is 13.7. The minimum Gasteiger partial charge on any atom is -0.361 e. The van der Waals surface area contributed by atoms with Crippen molar-refractivity contribution in [2.24, 2.45) is 0 Å². The number of benzene rings is 3. The summed E-state index contributed by atoms with van der Waals surface area (Å²) in [7, 11) is -3.74. The van der Waals surface area contributed by atoms with Crippen molar-refractivity contribution in [2.45, 2.75) is 17.9 Å². The van der Waals surface area contributed by atoms with Crippen LogP contribution in [0, 0.1) is 5.82 Å². The Balaban J connectivity index is 1.64. The molecule has 0 bridgehead atoms. The molecule has 3 aromatic carbocycles. The summed E-state index contributed by atoms with van der Waals surface area (Å²) in [5, 5.41) is 1.24. The number of aromatic amines is 1. The highest BCUT2D eigenvalue weighted by atomic mass is 35.5. The summed E-state index contributed by atoms with van der Waals surface area (Å²) in [6, 6.07) is 20.1. The van der Waals surface area contributed by atoms with Gasteiger partial charge in [0.15, 0.2) is 0 Å². The second kappa shape index (κ2) is 8.60. The van der Waals surface area contributed by atoms with Crippen molar-refractivity contribution in [3.63, 3.8) is 0 Å². The topological polar surface area (TPSA) is 53.2 Å². The number of fused-ring (bicyclic) bond motifs is 1. The van der Waals surface area contributed by atoms with Crippen LogP contribution in [0.15, 0.2) is 83.9 Å². The van der Waals surface area contributed by atoms with Gasteiger partial charge in [-0.05, 0) is 60.0 Å². The number of halogens is 2. The molecule has 4 aromatic rings. The van der Waals surface area contributed by atoms with E-state index in [1.807, 2.05) is 30.3 Å². The van der Waals surface area contributed by atoms with Crippen molar-refractivity contribution in [2.75, 3.05) is 6.54 Å². The highest BCUT2D eigenvalue weighted by molar-refractivity contribution is 7.89. The molecule has 30 heavy (non-hydrogen) atoms. The van der Waals surface area contributed by atoms with E-state index in [0.717, 1.165) is 22.0 Å². The van der Waals surface area contributed by atoms with Crippen molar-refractivity contribution in [1.82, 2.24) is 9.29 Å². The summed E-state index contributed by atoms with van der Waals surface area (Å²) in [6.07, 6.45) is 2.25. The molecular weight excluding hydrogens is 423 g/mol. The fourth-order valence-electron chi connectivity index (χ4n) is 3.43. The van der Waals surface area contributed by atoms with Crippen LogP contribution in [0.3, 0.4) is 0 Å². The normalized spacial score (nSPS) is 12.0. The number of nitrogens with zero attached hydrogens (tertiary/aromatic N) is 1. The lowest BCUT2D eigenvalue weighted by atomic mass is 10.1. The summed E-state index contributed by atoms with van der Waals surface area (Å²) in [4.78, 5) is 3.30. The molecule has 0 amide bonds.